The predicted molar refractivity (Wildman–Crippen MR) is 102 cm³/mol. The molecule has 0 saturated carbocycles. The fraction of sp³-hybridized carbons (Fsp3) is 0.579. The predicted octanol–water partition coefficient (Wildman–Crippen LogP) is 4.35. The van der Waals surface area contributed by atoms with Gasteiger partial charge in [-0.1, -0.05) is 0 Å². The molecule has 136 valence electrons. The maximum absolute atomic E-state index is 12.4. The first-order valence-electron chi connectivity index (χ1n) is 8.89. The Hall–Kier alpha value is -1.66. The number of thiophene rings is 1. The molecule has 0 spiro atoms. The normalized spacial score (nSPS) is 19.4. The van der Waals surface area contributed by atoms with Crippen molar-refractivity contribution in [2.24, 2.45) is 0 Å². The Kier molecular flexibility index (Phi) is 5.29. The number of fused-ring (bicyclic) bond motifs is 1. The molecule has 25 heavy (non-hydrogen) atoms. The molecule has 5 nitrogen and oxygen atoms in total. The van der Waals surface area contributed by atoms with Crippen LogP contribution in [-0.4, -0.2) is 40.7 Å². The van der Waals surface area contributed by atoms with Crippen molar-refractivity contribution in [2.45, 2.75) is 58.2 Å². The third-order valence-electron chi connectivity index (χ3n) is 4.49. The lowest BCUT2D eigenvalue weighted by Crippen LogP contribution is -2.44. The van der Waals surface area contributed by atoms with Gasteiger partial charge in [-0.3, -0.25) is 4.98 Å². The van der Waals surface area contributed by atoms with Crippen molar-refractivity contribution in [2.75, 3.05) is 13.1 Å². The number of carbonyl (C=O) groups excluding carboxylic acids is 1. The summed E-state index contributed by atoms with van der Waals surface area (Å²) in [6.45, 7) is 9.41. The fourth-order valence-corrected chi connectivity index (χ4v) is 3.93. The summed E-state index contributed by atoms with van der Waals surface area (Å²) in [6.07, 6.45) is 3.78. The lowest BCUT2D eigenvalue weighted by atomic mass is 10.1. The molecule has 1 aliphatic heterocycles. The van der Waals surface area contributed by atoms with Crippen LogP contribution in [0.3, 0.4) is 0 Å². The van der Waals surface area contributed by atoms with Gasteiger partial charge in [-0.2, -0.15) is 0 Å². The van der Waals surface area contributed by atoms with Crippen molar-refractivity contribution < 1.29 is 9.53 Å². The third kappa shape index (κ3) is 4.50. The number of aromatic nitrogens is 1. The highest BCUT2D eigenvalue weighted by atomic mass is 32.1. The molecule has 2 atom stereocenters. The number of hydrogen-bond donors (Lipinski definition) is 1. The summed E-state index contributed by atoms with van der Waals surface area (Å²) in [5.41, 5.74) is 1.77. The van der Waals surface area contributed by atoms with Gasteiger partial charge in [-0.05, 0) is 63.6 Å². The molecule has 0 radical (unpaired) electrons. The lowest BCUT2D eigenvalue weighted by Gasteiger charge is -2.29. The molecule has 3 rings (SSSR count). The van der Waals surface area contributed by atoms with Crippen LogP contribution in [0.25, 0.3) is 10.2 Å². The molecule has 0 aromatic carbocycles. The molecule has 0 aliphatic carbocycles. The van der Waals surface area contributed by atoms with Gasteiger partial charge in [0.2, 0.25) is 0 Å². The molecule has 1 fully saturated rings. The van der Waals surface area contributed by atoms with Gasteiger partial charge < -0.3 is 15.0 Å². The highest BCUT2D eigenvalue weighted by molar-refractivity contribution is 7.17. The van der Waals surface area contributed by atoms with E-state index < -0.39 is 5.60 Å². The monoisotopic (exact) mass is 361 g/mol. The first-order valence-corrected chi connectivity index (χ1v) is 9.77. The smallest absolute Gasteiger partial charge is 0.410 e. The molecule has 3 heterocycles. The van der Waals surface area contributed by atoms with E-state index in [4.69, 9.17) is 4.74 Å². The van der Waals surface area contributed by atoms with Gasteiger partial charge in [0.25, 0.3) is 0 Å². The second-order valence-electron chi connectivity index (χ2n) is 7.67. The van der Waals surface area contributed by atoms with Crippen LogP contribution in [0, 0.1) is 0 Å². The summed E-state index contributed by atoms with van der Waals surface area (Å²) in [5.74, 6) is 0. The van der Waals surface area contributed by atoms with Crippen molar-refractivity contribution in [3.05, 3.63) is 29.3 Å². The molecule has 2 unspecified atom stereocenters. The number of likely N-dealkylation sites (tertiary alicyclic amines) is 1. The number of amides is 1. The zero-order chi connectivity index (χ0) is 18.0. The minimum Gasteiger partial charge on any atom is -0.444 e. The zero-order valence-corrected chi connectivity index (χ0v) is 16.2. The fourth-order valence-electron chi connectivity index (χ4n) is 3.14. The molecule has 1 saturated heterocycles. The molecule has 6 heteroatoms. The minimum absolute atomic E-state index is 0.190. The molecule has 0 bridgehead atoms. The van der Waals surface area contributed by atoms with Gasteiger partial charge >= 0.3 is 6.09 Å². The van der Waals surface area contributed by atoms with E-state index in [1.165, 1.54) is 10.3 Å². The van der Waals surface area contributed by atoms with E-state index in [2.05, 4.69) is 28.7 Å². The SMILES string of the molecule is CC(NCC1CCCN1C(=O)OC(C)(C)C)c1cnc2ccsc2c1. The van der Waals surface area contributed by atoms with Crippen LogP contribution in [-0.2, 0) is 4.74 Å². The summed E-state index contributed by atoms with van der Waals surface area (Å²) in [6, 6.07) is 4.63. The van der Waals surface area contributed by atoms with E-state index in [0.717, 1.165) is 31.4 Å². The average molecular weight is 362 g/mol. The van der Waals surface area contributed by atoms with Crippen LogP contribution in [0.5, 0.6) is 0 Å². The molecular formula is C19H27N3O2S. The van der Waals surface area contributed by atoms with E-state index in [-0.39, 0.29) is 18.2 Å². The van der Waals surface area contributed by atoms with Gasteiger partial charge in [-0.15, -0.1) is 11.3 Å². The van der Waals surface area contributed by atoms with E-state index in [1.54, 1.807) is 11.3 Å². The second-order valence-corrected chi connectivity index (χ2v) is 8.62. The highest BCUT2D eigenvalue weighted by Crippen LogP contribution is 2.24. The Bertz CT molecular complexity index is 738. The number of nitrogens with one attached hydrogen (secondary N) is 1. The largest absolute Gasteiger partial charge is 0.444 e. The molecule has 1 aliphatic rings. The Labute approximate surface area is 153 Å². The van der Waals surface area contributed by atoms with Crippen LogP contribution in [0.4, 0.5) is 4.79 Å². The molecule has 2 aromatic heterocycles. The van der Waals surface area contributed by atoms with Gasteiger partial charge in [0.1, 0.15) is 5.60 Å². The Balaban J connectivity index is 1.58. The quantitative estimate of drug-likeness (QED) is 0.880. The average Bonchev–Trinajstić information content (AvgIpc) is 3.18. The Morgan fingerprint density at radius 2 is 2.32 bits per heavy atom. The number of pyridine rings is 1. The van der Waals surface area contributed by atoms with Gasteiger partial charge in [-0.25, -0.2) is 4.79 Å². The van der Waals surface area contributed by atoms with Crippen molar-refractivity contribution in [3.63, 3.8) is 0 Å². The first kappa shape index (κ1) is 18.1. The van der Waals surface area contributed by atoms with Crippen LogP contribution in [0.15, 0.2) is 23.7 Å². The van der Waals surface area contributed by atoms with Crippen molar-refractivity contribution in [1.82, 2.24) is 15.2 Å². The molecule has 1 amide bonds. The van der Waals surface area contributed by atoms with Gasteiger partial charge in [0.15, 0.2) is 0 Å². The topological polar surface area (TPSA) is 54.5 Å². The first-order chi connectivity index (χ1) is 11.8. The maximum atomic E-state index is 12.4. The van der Waals surface area contributed by atoms with Crippen LogP contribution in [0.2, 0.25) is 0 Å². The standard InChI is InChI=1S/C19H27N3O2S/c1-13(14-10-17-16(21-11-14)7-9-25-17)20-12-15-6-5-8-22(15)18(23)24-19(2,3)4/h7,9-11,13,15,20H,5-6,8,12H2,1-4H3. The molecular weight excluding hydrogens is 334 g/mol. The highest BCUT2D eigenvalue weighted by Gasteiger charge is 2.32. The maximum Gasteiger partial charge on any atom is 0.410 e. The van der Waals surface area contributed by atoms with E-state index in [1.807, 2.05) is 37.9 Å². The van der Waals surface area contributed by atoms with Crippen molar-refractivity contribution in [3.8, 4) is 0 Å². The summed E-state index contributed by atoms with van der Waals surface area (Å²) in [5, 5.41) is 5.63. The van der Waals surface area contributed by atoms with Crippen molar-refractivity contribution >= 4 is 27.6 Å². The summed E-state index contributed by atoms with van der Waals surface area (Å²) >= 11 is 1.71. The number of ether oxygens (including phenoxy) is 1. The van der Waals surface area contributed by atoms with Crippen molar-refractivity contribution in [1.29, 1.82) is 0 Å². The zero-order valence-electron chi connectivity index (χ0n) is 15.4. The van der Waals surface area contributed by atoms with Crippen LogP contribution in [0.1, 0.15) is 52.1 Å². The summed E-state index contributed by atoms with van der Waals surface area (Å²) in [7, 11) is 0. The Morgan fingerprint density at radius 3 is 3.08 bits per heavy atom. The molecule has 1 N–H and O–H groups in total. The number of nitrogens with zero attached hydrogens (tertiary/aromatic N) is 2. The number of hydrogen-bond acceptors (Lipinski definition) is 5. The van der Waals surface area contributed by atoms with E-state index >= 15 is 0 Å². The number of carbonyl (C=O) groups is 1. The summed E-state index contributed by atoms with van der Waals surface area (Å²) < 4.78 is 6.74. The Morgan fingerprint density at radius 1 is 1.52 bits per heavy atom. The van der Waals surface area contributed by atoms with Gasteiger partial charge in [0.05, 0.1) is 10.2 Å². The van der Waals surface area contributed by atoms with Crippen LogP contribution >= 0.6 is 11.3 Å². The van der Waals surface area contributed by atoms with Crippen LogP contribution < -0.4 is 5.32 Å². The minimum atomic E-state index is -0.452. The van der Waals surface area contributed by atoms with E-state index in [9.17, 15) is 4.79 Å². The van der Waals surface area contributed by atoms with Gasteiger partial charge in [0, 0.05) is 31.4 Å². The second kappa shape index (κ2) is 7.30. The van der Waals surface area contributed by atoms with E-state index in [0.29, 0.717) is 0 Å². The third-order valence-corrected chi connectivity index (χ3v) is 5.34. The summed E-state index contributed by atoms with van der Waals surface area (Å²) in [4.78, 5) is 18.7. The lowest BCUT2D eigenvalue weighted by molar-refractivity contribution is 0.0225. The number of rotatable bonds is 4. The molecule has 2 aromatic rings.